The van der Waals surface area contributed by atoms with Gasteiger partial charge in [-0.2, -0.15) is 19.7 Å². The molecule has 5 rings (SSSR count). The molecular weight excluding hydrogens is 556 g/mol. The van der Waals surface area contributed by atoms with Crippen LogP contribution < -0.4 is 14.2 Å². The SMILES string of the molecule is COc1ccc(Cn2nc(CCc3cc(Oc4cc(Cl)cc(C#N)c4)c(Cl)c(OC)n3)c3ccc(F)nc32)cc1. The van der Waals surface area contributed by atoms with Crippen molar-refractivity contribution in [2.45, 2.75) is 19.4 Å². The van der Waals surface area contributed by atoms with Crippen molar-refractivity contribution in [2.24, 2.45) is 0 Å². The van der Waals surface area contributed by atoms with Crippen LogP contribution in [0, 0.1) is 17.3 Å². The number of methoxy groups -OCH3 is 2. The van der Waals surface area contributed by atoms with Crippen LogP contribution in [0.1, 0.15) is 22.5 Å². The van der Waals surface area contributed by atoms with E-state index in [4.69, 9.17) is 42.5 Å². The Kier molecular flexibility index (Phi) is 8.01. The van der Waals surface area contributed by atoms with E-state index in [-0.39, 0.29) is 10.9 Å². The molecule has 11 heteroatoms. The second-order valence-corrected chi connectivity index (χ2v) is 9.60. The third kappa shape index (κ3) is 5.93. The summed E-state index contributed by atoms with van der Waals surface area (Å²) in [6, 6.07) is 19.0. The molecule has 0 radical (unpaired) electrons. The molecule has 5 aromatic rings. The molecule has 0 bridgehead atoms. The summed E-state index contributed by atoms with van der Waals surface area (Å²) in [6.07, 6.45) is 0.932. The van der Waals surface area contributed by atoms with Gasteiger partial charge in [0.1, 0.15) is 16.5 Å². The molecule has 0 atom stereocenters. The first-order valence-electron chi connectivity index (χ1n) is 12.1. The maximum Gasteiger partial charge on any atom is 0.236 e. The predicted octanol–water partition coefficient (Wildman–Crippen LogP) is 6.79. The van der Waals surface area contributed by atoms with Crippen LogP contribution in [-0.4, -0.2) is 34.0 Å². The molecule has 0 spiro atoms. The van der Waals surface area contributed by atoms with Gasteiger partial charge in [0.15, 0.2) is 11.4 Å². The predicted molar refractivity (Wildman–Crippen MR) is 149 cm³/mol. The lowest BCUT2D eigenvalue weighted by Crippen LogP contribution is -2.04. The molecule has 0 saturated heterocycles. The van der Waals surface area contributed by atoms with E-state index in [0.29, 0.717) is 52.8 Å². The van der Waals surface area contributed by atoms with E-state index in [0.717, 1.165) is 22.4 Å². The van der Waals surface area contributed by atoms with Crippen LogP contribution in [0.2, 0.25) is 10.0 Å². The average Bonchev–Trinajstić information content (AvgIpc) is 3.29. The van der Waals surface area contributed by atoms with Gasteiger partial charge in [-0.15, -0.1) is 0 Å². The number of aryl methyl sites for hydroxylation is 2. The smallest absolute Gasteiger partial charge is 0.236 e. The van der Waals surface area contributed by atoms with Gasteiger partial charge in [-0.3, -0.25) is 0 Å². The normalized spacial score (nSPS) is 10.9. The zero-order valence-corrected chi connectivity index (χ0v) is 23.0. The van der Waals surface area contributed by atoms with Crippen molar-refractivity contribution in [1.29, 1.82) is 5.26 Å². The summed E-state index contributed by atoms with van der Waals surface area (Å²) in [5.74, 6) is 1.00. The number of aromatic nitrogens is 4. The van der Waals surface area contributed by atoms with Crippen LogP contribution in [0.15, 0.2) is 60.7 Å². The van der Waals surface area contributed by atoms with Crippen LogP contribution in [-0.2, 0) is 19.4 Å². The van der Waals surface area contributed by atoms with Crippen LogP contribution in [0.25, 0.3) is 11.0 Å². The fourth-order valence-corrected chi connectivity index (χ4v) is 4.66. The Morgan fingerprint density at radius 3 is 2.45 bits per heavy atom. The Balaban J connectivity index is 1.43. The largest absolute Gasteiger partial charge is 0.497 e. The fraction of sp³-hybridized carbons (Fsp3) is 0.172. The summed E-state index contributed by atoms with van der Waals surface area (Å²) < 4.78 is 32.3. The molecule has 0 aliphatic rings. The Bertz CT molecular complexity index is 1740. The molecule has 3 aromatic heterocycles. The molecule has 3 heterocycles. The molecule has 202 valence electrons. The van der Waals surface area contributed by atoms with Gasteiger partial charge in [-0.1, -0.05) is 35.3 Å². The van der Waals surface area contributed by atoms with Crippen molar-refractivity contribution >= 4 is 34.2 Å². The topological polar surface area (TPSA) is 95.1 Å². The number of benzene rings is 2. The van der Waals surface area contributed by atoms with E-state index in [9.17, 15) is 9.65 Å². The minimum Gasteiger partial charge on any atom is -0.497 e. The summed E-state index contributed by atoms with van der Waals surface area (Å²) in [7, 11) is 3.07. The Hall–Kier alpha value is -4.39. The Labute approximate surface area is 239 Å². The van der Waals surface area contributed by atoms with E-state index in [1.54, 1.807) is 36.1 Å². The molecule has 8 nitrogen and oxygen atoms in total. The maximum atomic E-state index is 14.1. The first-order valence-corrected chi connectivity index (χ1v) is 12.9. The number of hydrogen-bond donors (Lipinski definition) is 0. The molecule has 0 aliphatic heterocycles. The number of fused-ring (bicyclic) bond motifs is 1. The van der Waals surface area contributed by atoms with E-state index in [1.165, 1.54) is 19.2 Å². The number of pyridine rings is 2. The average molecular weight is 578 g/mol. The first-order chi connectivity index (χ1) is 19.4. The Morgan fingerprint density at radius 2 is 1.73 bits per heavy atom. The van der Waals surface area contributed by atoms with Crippen molar-refractivity contribution in [3.8, 4) is 29.2 Å². The van der Waals surface area contributed by atoms with Crippen molar-refractivity contribution in [3.63, 3.8) is 0 Å². The van der Waals surface area contributed by atoms with Gasteiger partial charge in [0.25, 0.3) is 0 Å². The van der Waals surface area contributed by atoms with Crippen molar-refractivity contribution < 1.29 is 18.6 Å². The second-order valence-electron chi connectivity index (χ2n) is 8.78. The van der Waals surface area contributed by atoms with E-state index < -0.39 is 5.95 Å². The van der Waals surface area contributed by atoms with Crippen LogP contribution >= 0.6 is 23.2 Å². The van der Waals surface area contributed by atoms with Gasteiger partial charge >= 0.3 is 0 Å². The second kappa shape index (κ2) is 11.8. The lowest BCUT2D eigenvalue weighted by molar-refractivity contribution is 0.390. The highest BCUT2D eigenvalue weighted by atomic mass is 35.5. The monoisotopic (exact) mass is 577 g/mol. The number of nitriles is 1. The van der Waals surface area contributed by atoms with Gasteiger partial charge in [0.2, 0.25) is 11.8 Å². The van der Waals surface area contributed by atoms with E-state index in [1.807, 2.05) is 30.3 Å². The third-order valence-electron chi connectivity index (χ3n) is 6.12. The molecular formula is C29H22Cl2FN5O3. The van der Waals surface area contributed by atoms with Gasteiger partial charge in [-0.05, 0) is 60.9 Å². The summed E-state index contributed by atoms with van der Waals surface area (Å²) in [5.41, 5.74) is 3.14. The highest BCUT2D eigenvalue weighted by Crippen LogP contribution is 2.37. The van der Waals surface area contributed by atoms with Gasteiger partial charge in [-0.25, -0.2) is 9.67 Å². The van der Waals surface area contributed by atoms with E-state index in [2.05, 4.69) is 9.97 Å². The number of nitrogens with zero attached hydrogens (tertiary/aromatic N) is 5. The van der Waals surface area contributed by atoms with Crippen LogP contribution in [0.4, 0.5) is 4.39 Å². The molecule has 0 unspecified atom stereocenters. The lowest BCUT2D eigenvalue weighted by Gasteiger charge is -2.12. The van der Waals surface area contributed by atoms with E-state index >= 15 is 0 Å². The number of halogens is 3. The third-order valence-corrected chi connectivity index (χ3v) is 6.68. The Morgan fingerprint density at radius 1 is 0.925 bits per heavy atom. The summed E-state index contributed by atoms with van der Waals surface area (Å²) >= 11 is 12.6. The quantitative estimate of drug-likeness (QED) is 0.178. The number of rotatable bonds is 9. The summed E-state index contributed by atoms with van der Waals surface area (Å²) in [5, 5.41) is 15.3. The van der Waals surface area contributed by atoms with Crippen molar-refractivity contribution in [1.82, 2.24) is 19.7 Å². The number of ether oxygens (including phenoxy) is 3. The van der Waals surface area contributed by atoms with Crippen molar-refractivity contribution in [2.75, 3.05) is 14.2 Å². The van der Waals surface area contributed by atoms with Crippen LogP contribution in [0.3, 0.4) is 0 Å². The van der Waals surface area contributed by atoms with Crippen molar-refractivity contribution in [3.05, 3.63) is 99.2 Å². The highest BCUT2D eigenvalue weighted by Gasteiger charge is 2.17. The molecule has 0 amide bonds. The molecule has 0 N–H and O–H groups in total. The standard InChI is InChI=1S/C29H22Cl2FN5O3/c1-38-21-6-3-17(4-7-21)16-37-28-23(8-10-26(32)35-28)24(36-37)9-5-20-14-25(27(31)29(34-20)39-2)40-22-12-18(15-33)11-19(30)13-22/h3-4,6-8,10-14H,5,9,16H2,1-2H3. The molecule has 0 aliphatic carbocycles. The summed E-state index contributed by atoms with van der Waals surface area (Å²) in [6.45, 7) is 0.409. The molecule has 0 saturated carbocycles. The maximum absolute atomic E-state index is 14.1. The number of hydrogen-bond acceptors (Lipinski definition) is 7. The minimum atomic E-state index is -0.582. The fourth-order valence-electron chi connectivity index (χ4n) is 4.22. The van der Waals surface area contributed by atoms with Crippen LogP contribution in [0.5, 0.6) is 23.1 Å². The zero-order valence-electron chi connectivity index (χ0n) is 21.5. The highest BCUT2D eigenvalue weighted by molar-refractivity contribution is 6.33. The summed E-state index contributed by atoms with van der Waals surface area (Å²) in [4.78, 5) is 8.61. The molecule has 40 heavy (non-hydrogen) atoms. The lowest BCUT2D eigenvalue weighted by atomic mass is 10.1. The van der Waals surface area contributed by atoms with Gasteiger partial charge in [0.05, 0.1) is 38.1 Å². The van der Waals surface area contributed by atoms with Gasteiger partial charge in [0, 0.05) is 22.2 Å². The first kappa shape index (κ1) is 27.2. The zero-order chi connectivity index (χ0) is 28.2. The van der Waals surface area contributed by atoms with Gasteiger partial charge < -0.3 is 14.2 Å². The minimum absolute atomic E-state index is 0.179. The molecule has 2 aromatic carbocycles. The molecule has 0 fully saturated rings.